The van der Waals surface area contributed by atoms with Gasteiger partial charge < -0.3 is 10.6 Å². The van der Waals surface area contributed by atoms with Crippen LogP contribution in [0, 0.1) is 0 Å². The number of amides is 2. The van der Waals surface area contributed by atoms with Crippen molar-refractivity contribution < 1.29 is 9.59 Å². The summed E-state index contributed by atoms with van der Waals surface area (Å²) in [7, 11) is 0. The van der Waals surface area contributed by atoms with Gasteiger partial charge in [-0.3, -0.25) is 9.59 Å². The highest BCUT2D eigenvalue weighted by Gasteiger charge is 2.17. The Bertz CT molecular complexity index is 440. The molecule has 6 heteroatoms. The molecular weight excluding hydrogens is 272 g/mol. The number of hydrogen-bond donors (Lipinski definition) is 3. The van der Waals surface area contributed by atoms with Gasteiger partial charge in [0.15, 0.2) is 0 Å². The minimum atomic E-state index is -0.631. The van der Waals surface area contributed by atoms with Crippen LogP contribution < -0.4 is 10.6 Å². The summed E-state index contributed by atoms with van der Waals surface area (Å²) in [6, 6.07) is 6.62. The molecule has 1 unspecified atom stereocenters. The molecule has 98 valence electrons. The number of benzene rings is 1. The van der Waals surface area contributed by atoms with Crippen LogP contribution in [0.4, 0.5) is 0 Å². The Balaban J connectivity index is 2.54. The summed E-state index contributed by atoms with van der Waals surface area (Å²) < 4.78 is 0. The molecule has 1 aromatic rings. The Morgan fingerprint density at radius 3 is 2.61 bits per heavy atom. The molecule has 0 radical (unpaired) electrons. The third-order valence-electron chi connectivity index (χ3n) is 2.29. The predicted octanol–water partition coefficient (Wildman–Crippen LogP) is 1.39. The average Bonchev–Trinajstić information content (AvgIpc) is 2.34. The van der Waals surface area contributed by atoms with Gasteiger partial charge in [0.1, 0.15) is 6.04 Å². The molecule has 0 saturated carbocycles. The van der Waals surface area contributed by atoms with Crippen LogP contribution in [0.25, 0.3) is 0 Å². The lowest BCUT2D eigenvalue weighted by Crippen LogP contribution is -2.47. The van der Waals surface area contributed by atoms with Gasteiger partial charge in [0.25, 0.3) is 0 Å². The largest absolute Gasteiger partial charge is 0.350 e. The van der Waals surface area contributed by atoms with E-state index in [0.717, 1.165) is 5.56 Å². The van der Waals surface area contributed by atoms with E-state index < -0.39 is 6.04 Å². The van der Waals surface area contributed by atoms with Crippen molar-refractivity contribution in [2.24, 2.45) is 0 Å². The van der Waals surface area contributed by atoms with E-state index in [1.54, 1.807) is 6.07 Å². The Labute approximate surface area is 117 Å². The highest BCUT2D eigenvalue weighted by Crippen LogP contribution is 2.14. The van der Waals surface area contributed by atoms with Gasteiger partial charge in [0, 0.05) is 24.2 Å². The van der Waals surface area contributed by atoms with Gasteiger partial charge in [0.05, 0.1) is 0 Å². The maximum atomic E-state index is 11.8. The third kappa shape index (κ3) is 4.58. The quantitative estimate of drug-likeness (QED) is 0.717. The molecule has 1 aromatic carbocycles. The third-order valence-corrected chi connectivity index (χ3v) is 3.02. The van der Waals surface area contributed by atoms with Crippen LogP contribution in [-0.4, -0.2) is 23.6 Å². The Hall–Kier alpha value is -1.20. The molecule has 0 spiro atoms. The van der Waals surface area contributed by atoms with E-state index in [4.69, 9.17) is 11.6 Å². The summed E-state index contributed by atoms with van der Waals surface area (Å²) in [5.74, 6) is -0.296. The number of thiol groups is 1. The second-order valence-corrected chi connectivity index (χ2v) is 4.52. The van der Waals surface area contributed by atoms with Gasteiger partial charge in [0.2, 0.25) is 11.8 Å². The first kappa shape index (κ1) is 14.9. The topological polar surface area (TPSA) is 58.2 Å². The van der Waals surface area contributed by atoms with E-state index in [9.17, 15) is 9.59 Å². The molecule has 0 saturated heterocycles. The molecule has 0 aliphatic heterocycles. The molecule has 1 atom stereocenters. The minimum absolute atomic E-state index is 0.244. The SMILES string of the molecule is CC(=O)NC(CS)C(=O)NCc1ccccc1Cl. The molecule has 2 N–H and O–H groups in total. The zero-order chi connectivity index (χ0) is 13.5. The first-order valence-corrected chi connectivity index (χ1v) is 6.44. The standard InChI is InChI=1S/C12H15ClN2O2S/c1-8(16)15-11(7-18)12(17)14-6-9-4-2-3-5-10(9)13/h2-5,11,18H,6-7H2,1H3,(H,14,17)(H,15,16). The first-order valence-electron chi connectivity index (χ1n) is 5.43. The van der Waals surface area contributed by atoms with Crippen molar-refractivity contribution in [1.29, 1.82) is 0 Å². The van der Waals surface area contributed by atoms with E-state index in [1.165, 1.54) is 6.92 Å². The normalized spacial score (nSPS) is 11.7. The summed E-state index contributed by atoms with van der Waals surface area (Å²) in [6.07, 6.45) is 0. The monoisotopic (exact) mass is 286 g/mol. The summed E-state index contributed by atoms with van der Waals surface area (Å²) >= 11 is 10.00. The molecule has 0 aliphatic carbocycles. The zero-order valence-corrected chi connectivity index (χ0v) is 11.6. The van der Waals surface area contributed by atoms with E-state index in [1.807, 2.05) is 18.2 Å². The van der Waals surface area contributed by atoms with Crippen molar-refractivity contribution >= 4 is 36.0 Å². The molecule has 0 aliphatic rings. The molecule has 2 amide bonds. The fourth-order valence-corrected chi connectivity index (χ4v) is 1.85. The Morgan fingerprint density at radius 2 is 2.06 bits per heavy atom. The fraction of sp³-hybridized carbons (Fsp3) is 0.333. The highest BCUT2D eigenvalue weighted by atomic mass is 35.5. The number of nitrogens with one attached hydrogen (secondary N) is 2. The molecule has 0 bridgehead atoms. The Morgan fingerprint density at radius 1 is 1.39 bits per heavy atom. The van der Waals surface area contributed by atoms with Gasteiger partial charge in [-0.05, 0) is 11.6 Å². The maximum Gasteiger partial charge on any atom is 0.243 e. The number of hydrogen-bond acceptors (Lipinski definition) is 3. The number of rotatable bonds is 5. The van der Waals surface area contributed by atoms with Crippen molar-refractivity contribution in [2.45, 2.75) is 19.5 Å². The van der Waals surface area contributed by atoms with Gasteiger partial charge in [-0.2, -0.15) is 12.6 Å². The van der Waals surface area contributed by atoms with Crippen LogP contribution in [0.15, 0.2) is 24.3 Å². The number of carbonyl (C=O) groups is 2. The molecule has 18 heavy (non-hydrogen) atoms. The molecule has 0 fully saturated rings. The summed E-state index contributed by atoms with van der Waals surface area (Å²) in [4.78, 5) is 22.7. The lowest BCUT2D eigenvalue weighted by molar-refractivity contribution is -0.127. The minimum Gasteiger partial charge on any atom is -0.350 e. The van der Waals surface area contributed by atoms with Gasteiger partial charge >= 0.3 is 0 Å². The number of carbonyl (C=O) groups excluding carboxylic acids is 2. The van der Waals surface area contributed by atoms with Crippen LogP contribution in [0.1, 0.15) is 12.5 Å². The van der Waals surface area contributed by atoms with Crippen LogP contribution in [0.3, 0.4) is 0 Å². The fourth-order valence-electron chi connectivity index (χ4n) is 1.39. The molecule has 0 heterocycles. The smallest absolute Gasteiger partial charge is 0.243 e. The maximum absolute atomic E-state index is 11.8. The summed E-state index contributed by atoms with van der Waals surface area (Å²) in [5, 5.41) is 5.83. The van der Waals surface area contributed by atoms with Crippen LogP contribution in [0.5, 0.6) is 0 Å². The molecule has 4 nitrogen and oxygen atoms in total. The van der Waals surface area contributed by atoms with Crippen molar-refractivity contribution in [3.8, 4) is 0 Å². The van der Waals surface area contributed by atoms with Crippen molar-refractivity contribution in [1.82, 2.24) is 10.6 Å². The predicted molar refractivity (Wildman–Crippen MR) is 74.8 cm³/mol. The first-order chi connectivity index (χ1) is 8.54. The van der Waals surface area contributed by atoms with E-state index >= 15 is 0 Å². The molecule has 0 aromatic heterocycles. The number of halogens is 1. The summed E-state index contributed by atoms with van der Waals surface area (Å²) in [6.45, 7) is 1.68. The van der Waals surface area contributed by atoms with Crippen LogP contribution in [0.2, 0.25) is 5.02 Å². The average molecular weight is 287 g/mol. The van der Waals surface area contributed by atoms with E-state index in [2.05, 4.69) is 23.3 Å². The summed E-state index contributed by atoms with van der Waals surface area (Å²) in [5.41, 5.74) is 0.827. The van der Waals surface area contributed by atoms with Crippen LogP contribution in [-0.2, 0) is 16.1 Å². The van der Waals surface area contributed by atoms with Crippen molar-refractivity contribution in [2.75, 3.05) is 5.75 Å². The molecular formula is C12H15ClN2O2S. The van der Waals surface area contributed by atoms with Gasteiger partial charge in [-0.15, -0.1) is 0 Å². The lowest BCUT2D eigenvalue weighted by Gasteiger charge is -2.15. The molecule has 1 rings (SSSR count). The van der Waals surface area contributed by atoms with Crippen LogP contribution >= 0.6 is 24.2 Å². The Kier molecular flexibility index (Phi) is 6.01. The van der Waals surface area contributed by atoms with Crippen molar-refractivity contribution in [3.63, 3.8) is 0 Å². The lowest BCUT2D eigenvalue weighted by atomic mass is 10.2. The second-order valence-electron chi connectivity index (χ2n) is 3.74. The zero-order valence-electron chi connectivity index (χ0n) is 9.94. The van der Waals surface area contributed by atoms with Gasteiger partial charge in [-0.1, -0.05) is 29.8 Å². The highest BCUT2D eigenvalue weighted by molar-refractivity contribution is 7.80. The van der Waals surface area contributed by atoms with E-state index in [0.29, 0.717) is 11.6 Å². The van der Waals surface area contributed by atoms with Gasteiger partial charge in [-0.25, -0.2) is 0 Å². The van der Waals surface area contributed by atoms with E-state index in [-0.39, 0.29) is 17.6 Å². The van der Waals surface area contributed by atoms with Crippen molar-refractivity contribution in [3.05, 3.63) is 34.9 Å². The second kappa shape index (κ2) is 7.28.